The fourth-order valence-corrected chi connectivity index (χ4v) is 4.45. The number of aromatic nitrogens is 1. The van der Waals surface area contributed by atoms with Crippen LogP contribution in [-0.4, -0.2) is 34.7 Å². The second-order valence-corrected chi connectivity index (χ2v) is 7.07. The summed E-state index contributed by atoms with van der Waals surface area (Å²) in [7, 11) is 0. The summed E-state index contributed by atoms with van der Waals surface area (Å²) in [5.41, 5.74) is 1.32. The van der Waals surface area contributed by atoms with Crippen LogP contribution < -0.4 is 5.32 Å². The van der Waals surface area contributed by atoms with Crippen molar-refractivity contribution in [1.82, 2.24) is 10.3 Å². The first-order valence-corrected chi connectivity index (χ1v) is 9.33. The van der Waals surface area contributed by atoms with Crippen LogP contribution in [0.15, 0.2) is 0 Å². The van der Waals surface area contributed by atoms with E-state index in [2.05, 4.69) is 18.5 Å². The van der Waals surface area contributed by atoms with Gasteiger partial charge in [0.2, 0.25) is 0 Å². The van der Waals surface area contributed by atoms with Crippen molar-refractivity contribution in [2.75, 3.05) is 18.6 Å². The Kier molecular flexibility index (Phi) is 6.13. The molecule has 2 unspecified atom stereocenters. The maximum absolute atomic E-state index is 9.17. The molecule has 2 N–H and O–H groups in total. The SMILES string of the molecule is CCc1nc2c(s1)C(NC(CCO)CSC)CCC2. The highest BCUT2D eigenvalue weighted by Gasteiger charge is 2.25. The molecular formula is C14H24N2OS2. The van der Waals surface area contributed by atoms with Crippen molar-refractivity contribution in [3.63, 3.8) is 0 Å². The number of aliphatic hydroxyl groups excluding tert-OH is 1. The molecule has 3 nitrogen and oxygen atoms in total. The minimum atomic E-state index is 0.265. The average molecular weight is 300 g/mol. The first-order valence-electron chi connectivity index (χ1n) is 7.12. The summed E-state index contributed by atoms with van der Waals surface area (Å²) >= 11 is 3.72. The Hall–Kier alpha value is -0.100. The van der Waals surface area contributed by atoms with E-state index in [4.69, 9.17) is 4.98 Å². The smallest absolute Gasteiger partial charge is 0.0928 e. The molecule has 1 aromatic heterocycles. The van der Waals surface area contributed by atoms with Crippen molar-refractivity contribution in [2.45, 2.75) is 51.1 Å². The van der Waals surface area contributed by atoms with Crippen LogP contribution in [0.4, 0.5) is 0 Å². The van der Waals surface area contributed by atoms with Crippen molar-refractivity contribution in [1.29, 1.82) is 0 Å². The molecule has 0 bridgehead atoms. The van der Waals surface area contributed by atoms with E-state index in [0.29, 0.717) is 12.1 Å². The summed E-state index contributed by atoms with van der Waals surface area (Å²) in [5.74, 6) is 1.06. The van der Waals surface area contributed by atoms with Crippen LogP contribution in [0.3, 0.4) is 0 Å². The summed E-state index contributed by atoms with van der Waals surface area (Å²) in [4.78, 5) is 6.19. The van der Waals surface area contributed by atoms with Crippen LogP contribution in [0.5, 0.6) is 0 Å². The van der Waals surface area contributed by atoms with E-state index < -0.39 is 0 Å². The molecule has 0 saturated carbocycles. The molecule has 19 heavy (non-hydrogen) atoms. The number of hydrogen-bond donors (Lipinski definition) is 2. The Balaban J connectivity index is 2.06. The Labute approximate surface area is 124 Å². The van der Waals surface area contributed by atoms with Crippen molar-refractivity contribution >= 4 is 23.1 Å². The number of rotatable bonds is 7. The van der Waals surface area contributed by atoms with Crippen molar-refractivity contribution in [3.8, 4) is 0 Å². The minimum Gasteiger partial charge on any atom is -0.396 e. The van der Waals surface area contributed by atoms with Gasteiger partial charge in [0.1, 0.15) is 0 Å². The van der Waals surface area contributed by atoms with Gasteiger partial charge >= 0.3 is 0 Å². The summed E-state index contributed by atoms with van der Waals surface area (Å²) in [5, 5.41) is 14.2. The molecule has 0 radical (unpaired) electrons. The fourth-order valence-electron chi connectivity index (χ4n) is 2.64. The molecule has 1 aliphatic carbocycles. The highest BCUT2D eigenvalue weighted by molar-refractivity contribution is 7.98. The summed E-state index contributed by atoms with van der Waals surface area (Å²) < 4.78 is 0. The van der Waals surface area contributed by atoms with E-state index in [1.54, 1.807) is 0 Å². The molecule has 0 amide bonds. The molecule has 108 valence electrons. The standard InChI is InChI=1S/C14H24N2OS2/c1-3-13-16-12-6-4-5-11(14(12)19-13)15-10(7-8-17)9-18-2/h10-11,15,17H,3-9H2,1-2H3. The number of aliphatic hydroxyl groups is 1. The van der Waals surface area contributed by atoms with E-state index >= 15 is 0 Å². The van der Waals surface area contributed by atoms with Gasteiger partial charge in [-0.05, 0) is 38.4 Å². The van der Waals surface area contributed by atoms with Gasteiger partial charge in [0.15, 0.2) is 0 Å². The van der Waals surface area contributed by atoms with Gasteiger partial charge in [0.05, 0.1) is 10.7 Å². The zero-order valence-corrected chi connectivity index (χ0v) is 13.4. The normalized spacial score (nSPS) is 20.3. The number of aryl methyl sites for hydroxylation is 2. The lowest BCUT2D eigenvalue weighted by Gasteiger charge is -2.27. The number of hydrogen-bond acceptors (Lipinski definition) is 5. The number of thiazole rings is 1. The van der Waals surface area contributed by atoms with Crippen molar-refractivity contribution < 1.29 is 5.11 Å². The second kappa shape index (κ2) is 7.62. The molecule has 1 aliphatic rings. The number of fused-ring (bicyclic) bond motifs is 1. The van der Waals surface area contributed by atoms with E-state index in [9.17, 15) is 5.11 Å². The van der Waals surface area contributed by atoms with E-state index in [1.807, 2.05) is 23.1 Å². The lowest BCUT2D eigenvalue weighted by atomic mass is 9.97. The van der Waals surface area contributed by atoms with Crippen molar-refractivity contribution in [2.24, 2.45) is 0 Å². The van der Waals surface area contributed by atoms with Crippen LogP contribution >= 0.6 is 23.1 Å². The third kappa shape index (κ3) is 3.94. The van der Waals surface area contributed by atoms with Gasteiger partial charge in [0.25, 0.3) is 0 Å². The van der Waals surface area contributed by atoms with E-state index in [-0.39, 0.29) is 6.61 Å². The van der Waals surface area contributed by atoms with Gasteiger partial charge in [-0.3, -0.25) is 0 Å². The average Bonchev–Trinajstić information content (AvgIpc) is 2.83. The van der Waals surface area contributed by atoms with Gasteiger partial charge < -0.3 is 10.4 Å². The molecule has 1 aromatic rings. The second-order valence-electron chi connectivity index (χ2n) is 5.05. The molecule has 0 fully saturated rings. The maximum Gasteiger partial charge on any atom is 0.0928 e. The minimum absolute atomic E-state index is 0.265. The third-order valence-electron chi connectivity index (χ3n) is 3.58. The molecule has 0 saturated heterocycles. The van der Waals surface area contributed by atoms with Crippen LogP contribution in [0.2, 0.25) is 0 Å². The van der Waals surface area contributed by atoms with Gasteiger partial charge in [-0.15, -0.1) is 11.3 Å². The lowest BCUT2D eigenvalue weighted by molar-refractivity contribution is 0.262. The highest BCUT2D eigenvalue weighted by atomic mass is 32.2. The largest absolute Gasteiger partial charge is 0.396 e. The van der Waals surface area contributed by atoms with Gasteiger partial charge in [-0.1, -0.05) is 6.92 Å². The molecule has 0 spiro atoms. The zero-order valence-electron chi connectivity index (χ0n) is 11.8. The third-order valence-corrected chi connectivity index (χ3v) is 5.67. The zero-order chi connectivity index (χ0) is 13.7. The molecule has 5 heteroatoms. The molecule has 0 aromatic carbocycles. The van der Waals surface area contributed by atoms with Gasteiger partial charge in [-0.25, -0.2) is 4.98 Å². The first-order chi connectivity index (χ1) is 9.28. The topological polar surface area (TPSA) is 45.2 Å². The van der Waals surface area contributed by atoms with Crippen LogP contribution in [-0.2, 0) is 12.8 Å². The molecule has 0 aliphatic heterocycles. The summed E-state index contributed by atoms with van der Waals surface area (Å²) in [6, 6.07) is 0.855. The van der Waals surface area contributed by atoms with Crippen LogP contribution in [0, 0.1) is 0 Å². The van der Waals surface area contributed by atoms with Crippen LogP contribution in [0.1, 0.15) is 47.8 Å². The number of thioether (sulfide) groups is 1. The first kappa shape index (κ1) is 15.3. The lowest BCUT2D eigenvalue weighted by Crippen LogP contribution is -2.36. The Morgan fingerprint density at radius 3 is 3.11 bits per heavy atom. The molecular weight excluding hydrogens is 276 g/mol. The monoisotopic (exact) mass is 300 g/mol. The van der Waals surface area contributed by atoms with Gasteiger partial charge in [-0.2, -0.15) is 11.8 Å². The number of nitrogens with zero attached hydrogens (tertiary/aromatic N) is 1. The summed E-state index contributed by atoms with van der Waals surface area (Å²) in [6.45, 7) is 2.44. The van der Waals surface area contributed by atoms with Crippen molar-refractivity contribution in [3.05, 3.63) is 15.6 Å². The fraction of sp³-hybridized carbons (Fsp3) is 0.786. The molecule has 1 heterocycles. The van der Waals surface area contributed by atoms with Crippen LogP contribution in [0.25, 0.3) is 0 Å². The summed E-state index contributed by atoms with van der Waals surface area (Å²) in [6.07, 6.45) is 7.57. The quantitative estimate of drug-likeness (QED) is 0.813. The van der Waals surface area contributed by atoms with E-state index in [1.165, 1.54) is 28.4 Å². The Morgan fingerprint density at radius 2 is 2.42 bits per heavy atom. The van der Waals surface area contributed by atoms with Gasteiger partial charge in [0, 0.05) is 29.3 Å². The van der Waals surface area contributed by atoms with E-state index in [0.717, 1.165) is 25.0 Å². The highest BCUT2D eigenvalue weighted by Crippen LogP contribution is 2.34. The predicted molar refractivity (Wildman–Crippen MR) is 84.2 cm³/mol. The molecule has 2 atom stereocenters. The predicted octanol–water partition coefficient (Wildman–Crippen LogP) is 2.79. The maximum atomic E-state index is 9.17. The Bertz CT molecular complexity index is 389. The molecule has 2 rings (SSSR count). The number of nitrogens with one attached hydrogen (secondary N) is 1. The Morgan fingerprint density at radius 1 is 1.58 bits per heavy atom.